The van der Waals surface area contributed by atoms with Gasteiger partial charge >= 0.3 is 0 Å². The first kappa shape index (κ1) is 30.7. The second-order valence-electron chi connectivity index (χ2n) is 8.92. The first-order valence-electron chi connectivity index (χ1n) is 13.0. The van der Waals surface area contributed by atoms with Crippen molar-refractivity contribution in [3.05, 3.63) is 0 Å². The molecule has 0 bridgehead atoms. The van der Waals surface area contributed by atoms with Crippen LogP contribution in [0.5, 0.6) is 0 Å². The Bertz CT molecular complexity index is 416. The minimum Gasteiger partial charge on any atom is -0.379 e. The molecule has 0 aromatic heterocycles. The number of nitrogens with zero attached hydrogens (tertiary/aromatic N) is 1. The molecule has 0 aliphatic carbocycles. The van der Waals surface area contributed by atoms with E-state index in [0.29, 0.717) is 79.3 Å². The molecule has 1 saturated heterocycles. The third kappa shape index (κ3) is 19.7. The van der Waals surface area contributed by atoms with Crippen LogP contribution < -0.4 is 0 Å². The summed E-state index contributed by atoms with van der Waals surface area (Å²) in [6, 6.07) is 0. The van der Waals surface area contributed by atoms with Gasteiger partial charge < -0.3 is 38.1 Å². The predicted molar refractivity (Wildman–Crippen MR) is 130 cm³/mol. The van der Waals surface area contributed by atoms with Crippen LogP contribution in [0.2, 0.25) is 0 Å². The molecule has 1 rings (SSSR count). The van der Waals surface area contributed by atoms with Gasteiger partial charge in [-0.1, -0.05) is 39.0 Å². The van der Waals surface area contributed by atoms with Crippen LogP contribution in [0.15, 0.2) is 0 Å². The normalized spacial score (nSPS) is 23.7. The third-order valence-electron chi connectivity index (χ3n) is 5.49. The average molecular weight is 478 g/mol. The Labute approximate surface area is 202 Å². The van der Waals surface area contributed by atoms with Crippen LogP contribution >= 0.6 is 0 Å². The van der Waals surface area contributed by atoms with E-state index < -0.39 is 5.60 Å². The molecule has 33 heavy (non-hydrogen) atoms. The van der Waals surface area contributed by atoms with Crippen molar-refractivity contribution in [3.8, 4) is 0 Å². The van der Waals surface area contributed by atoms with Crippen LogP contribution in [0.25, 0.3) is 0 Å². The molecule has 0 N–H and O–H groups in total. The van der Waals surface area contributed by atoms with Crippen LogP contribution in [0.1, 0.15) is 52.4 Å². The van der Waals surface area contributed by atoms with E-state index in [-0.39, 0.29) is 0 Å². The smallest absolute Gasteiger partial charge is 0.112 e. The summed E-state index contributed by atoms with van der Waals surface area (Å²) in [6.07, 6.45) is 7.65. The lowest BCUT2D eigenvalue weighted by Gasteiger charge is -2.29. The summed E-state index contributed by atoms with van der Waals surface area (Å²) in [5.41, 5.74) is -0.534. The van der Waals surface area contributed by atoms with E-state index in [0.717, 1.165) is 26.1 Å². The van der Waals surface area contributed by atoms with Crippen LogP contribution in [0.3, 0.4) is 0 Å². The van der Waals surface area contributed by atoms with Crippen LogP contribution in [0, 0.1) is 0 Å². The predicted octanol–water partition coefficient (Wildman–Crippen LogP) is 3.17. The summed E-state index contributed by atoms with van der Waals surface area (Å²) < 4.78 is 40.4. The summed E-state index contributed by atoms with van der Waals surface area (Å²) >= 11 is 0. The number of unbranched alkanes of at least 4 members (excludes halogenated alkanes) is 5. The van der Waals surface area contributed by atoms with Gasteiger partial charge in [-0.15, -0.1) is 0 Å². The molecule has 0 aromatic carbocycles. The lowest BCUT2D eigenvalue weighted by atomic mass is 10.1. The highest BCUT2D eigenvalue weighted by Gasteiger charge is 2.26. The minimum atomic E-state index is -0.534. The van der Waals surface area contributed by atoms with Gasteiger partial charge in [-0.2, -0.15) is 0 Å². The Morgan fingerprint density at radius 3 is 1.97 bits per heavy atom. The fourth-order valence-corrected chi connectivity index (χ4v) is 3.35. The lowest BCUT2D eigenvalue weighted by molar-refractivity contribution is -0.141. The average Bonchev–Trinajstić information content (AvgIpc) is 2.80. The van der Waals surface area contributed by atoms with Crippen molar-refractivity contribution in [1.29, 1.82) is 0 Å². The van der Waals surface area contributed by atoms with Gasteiger partial charge in [-0.05, 0) is 20.4 Å². The molecule has 0 amide bonds. The van der Waals surface area contributed by atoms with Gasteiger partial charge in [-0.25, -0.2) is 0 Å². The zero-order valence-corrected chi connectivity index (χ0v) is 21.7. The van der Waals surface area contributed by atoms with Gasteiger partial charge in [0, 0.05) is 19.7 Å². The number of rotatable bonds is 12. The molecule has 1 aliphatic rings. The Hall–Kier alpha value is -0.320. The second-order valence-corrected chi connectivity index (χ2v) is 8.92. The van der Waals surface area contributed by atoms with Crippen molar-refractivity contribution in [3.63, 3.8) is 0 Å². The molecule has 0 spiro atoms. The topological polar surface area (TPSA) is 67.9 Å². The largest absolute Gasteiger partial charge is 0.379 e. The van der Waals surface area contributed by atoms with Gasteiger partial charge in [0.25, 0.3) is 0 Å². The molecule has 0 saturated carbocycles. The van der Waals surface area contributed by atoms with E-state index in [4.69, 9.17) is 33.2 Å². The molecule has 1 aliphatic heterocycles. The maximum atomic E-state index is 6.10. The molecule has 1 heterocycles. The highest BCUT2D eigenvalue weighted by molar-refractivity contribution is 4.74. The molecular formula is C25H51NO7. The van der Waals surface area contributed by atoms with Crippen LogP contribution in [0.4, 0.5) is 0 Å². The van der Waals surface area contributed by atoms with Crippen LogP contribution in [-0.4, -0.2) is 117 Å². The molecular weight excluding hydrogens is 426 g/mol. The van der Waals surface area contributed by atoms with Gasteiger partial charge in [0.2, 0.25) is 0 Å². The summed E-state index contributed by atoms with van der Waals surface area (Å²) in [5, 5.41) is 0. The fourth-order valence-electron chi connectivity index (χ4n) is 3.35. The highest BCUT2D eigenvalue weighted by atomic mass is 16.6. The Balaban J connectivity index is 2.23. The minimum absolute atomic E-state index is 0.439. The molecule has 1 fully saturated rings. The van der Waals surface area contributed by atoms with Crippen molar-refractivity contribution >= 4 is 0 Å². The third-order valence-corrected chi connectivity index (χ3v) is 5.49. The van der Waals surface area contributed by atoms with Crippen molar-refractivity contribution in [1.82, 2.24) is 4.90 Å². The van der Waals surface area contributed by atoms with E-state index in [9.17, 15) is 0 Å². The Morgan fingerprint density at radius 2 is 1.24 bits per heavy atom. The Morgan fingerprint density at radius 1 is 0.667 bits per heavy atom. The summed E-state index contributed by atoms with van der Waals surface area (Å²) in [4.78, 5) is 2.20. The summed E-state index contributed by atoms with van der Waals surface area (Å²) in [5.74, 6) is 0. The zero-order valence-electron chi connectivity index (χ0n) is 21.7. The molecule has 0 aromatic rings. The summed E-state index contributed by atoms with van der Waals surface area (Å²) in [7, 11) is 2.07. The van der Waals surface area contributed by atoms with Gasteiger partial charge in [0.15, 0.2) is 0 Å². The maximum absolute atomic E-state index is 6.10. The molecule has 8 nitrogen and oxygen atoms in total. The number of likely N-dealkylation sites (N-methyl/N-ethyl adjacent to an activating group) is 1. The van der Waals surface area contributed by atoms with Crippen molar-refractivity contribution in [2.75, 3.05) is 106 Å². The van der Waals surface area contributed by atoms with Crippen LogP contribution in [-0.2, 0) is 33.2 Å². The quantitative estimate of drug-likeness (QED) is 0.397. The van der Waals surface area contributed by atoms with E-state index in [1.54, 1.807) is 0 Å². The van der Waals surface area contributed by atoms with Crippen molar-refractivity contribution < 1.29 is 33.2 Å². The fraction of sp³-hybridized carbons (Fsp3) is 1.00. The lowest BCUT2D eigenvalue weighted by Crippen LogP contribution is -2.41. The molecule has 8 heteroatoms. The van der Waals surface area contributed by atoms with E-state index in [1.807, 2.05) is 6.92 Å². The highest BCUT2D eigenvalue weighted by Crippen LogP contribution is 2.12. The van der Waals surface area contributed by atoms with Gasteiger partial charge in [0.05, 0.1) is 79.3 Å². The maximum Gasteiger partial charge on any atom is 0.112 e. The Kier molecular flexibility index (Phi) is 20.6. The second kappa shape index (κ2) is 22.2. The van der Waals surface area contributed by atoms with Crippen molar-refractivity contribution in [2.24, 2.45) is 0 Å². The number of ether oxygens (including phenoxy) is 7. The summed E-state index contributed by atoms with van der Waals surface area (Å²) in [6.45, 7) is 13.5. The van der Waals surface area contributed by atoms with E-state index >= 15 is 0 Å². The van der Waals surface area contributed by atoms with Gasteiger partial charge in [0.1, 0.15) is 5.60 Å². The van der Waals surface area contributed by atoms with E-state index in [2.05, 4.69) is 18.9 Å². The molecule has 1 unspecified atom stereocenters. The number of hydrogen-bond acceptors (Lipinski definition) is 8. The zero-order chi connectivity index (χ0) is 23.9. The number of hydrogen-bond donors (Lipinski definition) is 0. The first-order valence-corrected chi connectivity index (χ1v) is 13.0. The molecule has 0 radical (unpaired) electrons. The monoisotopic (exact) mass is 477 g/mol. The molecule has 198 valence electrons. The van der Waals surface area contributed by atoms with Gasteiger partial charge in [-0.3, -0.25) is 0 Å². The SMILES string of the molecule is CCCCCCCCOCCOCC1(C)COCCOCCOCCN(C)CCOCCO1. The first-order chi connectivity index (χ1) is 16.2. The van der Waals surface area contributed by atoms with Crippen molar-refractivity contribution in [2.45, 2.75) is 58.0 Å². The standard InChI is InChI=1S/C25H51NO7/c1-4-5-6-7-8-9-12-27-17-19-31-23-25(2)24-32-20-18-30-16-15-28-13-10-26(3)11-14-29-21-22-33-25/h4-24H2,1-3H3. The molecule has 1 atom stereocenters. The van der Waals surface area contributed by atoms with E-state index in [1.165, 1.54) is 32.1 Å².